The van der Waals surface area contributed by atoms with Crippen molar-refractivity contribution in [3.8, 4) is 0 Å². The van der Waals surface area contributed by atoms with Gasteiger partial charge in [-0.3, -0.25) is 4.79 Å². The molecule has 0 saturated carbocycles. The zero-order chi connectivity index (χ0) is 12.0. The molecule has 0 aromatic heterocycles. The highest BCUT2D eigenvalue weighted by molar-refractivity contribution is 5.78. The van der Waals surface area contributed by atoms with Crippen LogP contribution in [0, 0.1) is 11.8 Å². The van der Waals surface area contributed by atoms with E-state index in [1.807, 2.05) is 6.92 Å². The second kappa shape index (κ2) is 6.89. The van der Waals surface area contributed by atoms with Crippen molar-refractivity contribution in [2.24, 2.45) is 17.6 Å². The molecule has 16 heavy (non-hydrogen) atoms. The lowest BCUT2D eigenvalue weighted by Crippen LogP contribution is -2.33. The van der Waals surface area contributed by atoms with E-state index in [4.69, 9.17) is 5.73 Å². The van der Waals surface area contributed by atoms with E-state index in [9.17, 15) is 4.79 Å². The first-order chi connectivity index (χ1) is 7.69. The van der Waals surface area contributed by atoms with Crippen molar-refractivity contribution in [2.75, 3.05) is 19.6 Å². The number of likely N-dealkylation sites (tertiary alicyclic amines) is 1. The van der Waals surface area contributed by atoms with Crippen LogP contribution in [0.15, 0.2) is 0 Å². The largest absolute Gasteiger partial charge is 0.342 e. The molecular weight excluding hydrogens is 200 g/mol. The monoisotopic (exact) mass is 226 g/mol. The number of carbonyl (C=O) groups is 1. The third-order valence-electron chi connectivity index (χ3n) is 3.56. The minimum Gasteiger partial charge on any atom is -0.342 e. The molecule has 2 N–H and O–H groups in total. The predicted octanol–water partition coefficient (Wildman–Crippen LogP) is 2.01. The summed E-state index contributed by atoms with van der Waals surface area (Å²) in [7, 11) is 0. The Bertz CT molecular complexity index is 218. The van der Waals surface area contributed by atoms with E-state index in [-0.39, 0.29) is 5.92 Å². The normalized spacial score (nSPS) is 22.4. The standard InChI is InChI=1S/C13H26N2O/c1-3-5-12-7-9-15(10-12)13(16)11(2)6-4-8-14/h11-12H,3-10,14H2,1-2H3. The van der Waals surface area contributed by atoms with Gasteiger partial charge in [-0.25, -0.2) is 0 Å². The van der Waals surface area contributed by atoms with E-state index in [0.29, 0.717) is 12.5 Å². The summed E-state index contributed by atoms with van der Waals surface area (Å²) in [6, 6.07) is 0. The Balaban J connectivity index is 2.32. The summed E-state index contributed by atoms with van der Waals surface area (Å²) in [4.78, 5) is 14.1. The number of carbonyl (C=O) groups excluding carboxylic acids is 1. The number of nitrogens with zero attached hydrogens (tertiary/aromatic N) is 1. The quantitative estimate of drug-likeness (QED) is 0.753. The lowest BCUT2D eigenvalue weighted by Gasteiger charge is -2.20. The number of rotatable bonds is 6. The van der Waals surface area contributed by atoms with Crippen molar-refractivity contribution in [3.05, 3.63) is 0 Å². The summed E-state index contributed by atoms with van der Waals surface area (Å²) < 4.78 is 0. The smallest absolute Gasteiger partial charge is 0.225 e. The van der Waals surface area contributed by atoms with Gasteiger partial charge in [0.05, 0.1) is 0 Å². The summed E-state index contributed by atoms with van der Waals surface area (Å²) in [5, 5.41) is 0. The van der Waals surface area contributed by atoms with Crippen molar-refractivity contribution in [1.29, 1.82) is 0 Å². The molecule has 1 aliphatic rings. The van der Waals surface area contributed by atoms with Crippen LogP contribution in [0.1, 0.15) is 46.0 Å². The topological polar surface area (TPSA) is 46.3 Å². The molecule has 3 heteroatoms. The van der Waals surface area contributed by atoms with Gasteiger partial charge >= 0.3 is 0 Å². The minimum absolute atomic E-state index is 0.156. The summed E-state index contributed by atoms with van der Waals surface area (Å²) in [6.45, 7) is 6.89. The van der Waals surface area contributed by atoms with E-state index in [1.165, 1.54) is 19.3 Å². The molecule has 0 bridgehead atoms. The van der Waals surface area contributed by atoms with Crippen LogP contribution in [0.3, 0.4) is 0 Å². The molecule has 1 fully saturated rings. The molecule has 1 rings (SSSR count). The van der Waals surface area contributed by atoms with E-state index >= 15 is 0 Å². The molecule has 3 nitrogen and oxygen atoms in total. The van der Waals surface area contributed by atoms with Crippen molar-refractivity contribution >= 4 is 5.91 Å². The molecule has 0 spiro atoms. The highest BCUT2D eigenvalue weighted by Gasteiger charge is 2.27. The number of nitrogens with two attached hydrogens (primary N) is 1. The fourth-order valence-corrected chi connectivity index (χ4v) is 2.54. The maximum atomic E-state index is 12.1. The second-order valence-corrected chi connectivity index (χ2v) is 5.06. The van der Waals surface area contributed by atoms with Gasteiger partial charge in [0.15, 0.2) is 0 Å². The fraction of sp³-hybridized carbons (Fsp3) is 0.923. The second-order valence-electron chi connectivity index (χ2n) is 5.06. The first kappa shape index (κ1) is 13.5. The predicted molar refractivity (Wildman–Crippen MR) is 67.0 cm³/mol. The van der Waals surface area contributed by atoms with Gasteiger partial charge in [0.1, 0.15) is 0 Å². The van der Waals surface area contributed by atoms with Crippen LogP contribution in [0.2, 0.25) is 0 Å². The third-order valence-corrected chi connectivity index (χ3v) is 3.56. The Morgan fingerprint density at radius 1 is 1.56 bits per heavy atom. The van der Waals surface area contributed by atoms with Crippen LogP contribution < -0.4 is 5.73 Å². The van der Waals surface area contributed by atoms with Gasteiger partial charge in [0.25, 0.3) is 0 Å². The molecule has 1 saturated heterocycles. The van der Waals surface area contributed by atoms with E-state index in [2.05, 4.69) is 11.8 Å². The van der Waals surface area contributed by atoms with E-state index in [1.54, 1.807) is 0 Å². The molecule has 1 heterocycles. The maximum absolute atomic E-state index is 12.1. The van der Waals surface area contributed by atoms with Crippen LogP contribution >= 0.6 is 0 Å². The average Bonchev–Trinajstić information content (AvgIpc) is 2.74. The van der Waals surface area contributed by atoms with Crippen molar-refractivity contribution in [1.82, 2.24) is 4.90 Å². The Kier molecular flexibility index (Phi) is 5.81. The highest BCUT2D eigenvalue weighted by atomic mass is 16.2. The maximum Gasteiger partial charge on any atom is 0.225 e. The molecular formula is C13H26N2O. The van der Waals surface area contributed by atoms with Gasteiger partial charge in [0.2, 0.25) is 5.91 Å². The summed E-state index contributed by atoms with van der Waals surface area (Å²) in [5.74, 6) is 1.24. The number of hydrogen-bond acceptors (Lipinski definition) is 2. The third kappa shape index (κ3) is 3.78. The first-order valence-electron chi connectivity index (χ1n) is 6.67. The van der Waals surface area contributed by atoms with Crippen LogP contribution in [-0.2, 0) is 4.79 Å². The highest BCUT2D eigenvalue weighted by Crippen LogP contribution is 2.23. The molecule has 1 amide bonds. The van der Waals surface area contributed by atoms with E-state index in [0.717, 1.165) is 31.8 Å². The molecule has 0 aromatic carbocycles. The van der Waals surface area contributed by atoms with Gasteiger partial charge < -0.3 is 10.6 Å². The van der Waals surface area contributed by atoms with Crippen molar-refractivity contribution < 1.29 is 4.79 Å². The van der Waals surface area contributed by atoms with Crippen molar-refractivity contribution in [3.63, 3.8) is 0 Å². The molecule has 0 aromatic rings. The SMILES string of the molecule is CCCC1CCN(C(=O)C(C)CCCN)C1. The molecule has 1 aliphatic heterocycles. The molecule has 2 unspecified atom stereocenters. The van der Waals surface area contributed by atoms with Gasteiger partial charge in [-0.2, -0.15) is 0 Å². The van der Waals surface area contributed by atoms with Crippen LogP contribution in [0.5, 0.6) is 0 Å². The zero-order valence-electron chi connectivity index (χ0n) is 10.7. The van der Waals surface area contributed by atoms with Crippen LogP contribution in [-0.4, -0.2) is 30.4 Å². The Morgan fingerprint density at radius 2 is 2.31 bits per heavy atom. The van der Waals surface area contributed by atoms with Gasteiger partial charge in [-0.05, 0) is 38.1 Å². The lowest BCUT2D eigenvalue weighted by molar-refractivity contribution is -0.134. The van der Waals surface area contributed by atoms with Gasteiger partial charge in [-0.1, -0.05) is 20.3 Å². The Hall–Kier alpha value is -0.570. The van der Waals surface area contributed by atoms with Gasteiger partial charge in [-0.15, -0.1) is 0 Å². The summed E-state index contributed by atoms with van der Waals surface area (Å²) in [5.41, 5.74) is 5.47. The molecule has 94 valence electrons. The fourth-order valence-electron chi connectivity index (χ4n) is 2.54. The zero-order valence-corrected chi connectivity index (χ0v) is 10.7. The molecule has 0 aliphatic carbocycles. The Morgan fingerprint density at radius 3 is 2.94 bits per heavy atom. The molecule has 0 radical (unpaired) electrons. The number of amides is 1. The summed E-state index contributed by atoms with van der Waals surface area (Å²) in [6.07, 6.45) is 5.59. The molecule has 2 atom stereocenters. The average molecular weight is 226 g/mol. The summed E-state index contributed by atoms with van der Waals surface area (Å²) >= 11 is 0. The van der Waals surface area contributed by atoms with Gasteiger partial charge in [0, 0.05) is 19.0 Å². The van der Waals surface area contributed by atoms with E-state index < -0.39 is 0 Å². The number of hydrogen-bond donors (Lipinski definition) is 1. The Labute approximate surface area is 99.4 Å². The van der Waals surface area contributed by atoms with Crippen molar-refractivity contribution in [2.45, 2.75) is 46.0 Å². The van der Waals surface area contributed by atoms with Crippen LogP contribution in [0.4, 0.5) is 0 Å². The minimum atomic E-state index is 0.156. The van der Waals surface area contributed by atoms with Crippen LogP contribution in [0.25, 0.3) is 0 Å². The lowest BCUT2D eigenvalue weighted by atomic mass is 10.0. The first-order valence-corrected chi connectivity index (χ1v) is 6.67.